The number of esters is 2. The summed E-state index contributed by atoms with van der Waals surface area (Å²) >= 11 is 0. The van der Waals surface area contributed by atoms with Crippen molar-refractivity contribution in [1.82, 2.24) is 4.90 Å². The van der Waals surface area contributed by atoms with Crippen LogP contribution in [-0.4, -0.2) is 44.1 Å². The van der Waals surface area contributed by atoms with Crippen molar-refractivity contribution < 1.29 is 23.5 Å². The van der Waals surface area contributed by atoms with Gasteiger partial charge in [0.2, 0.25) is 0 Å². The van der Waals surface area contributed by atoms with Crippen LogP contribution >= 0.6 is 0 Å². The summed E-state index contributed by atoms with van der Waals surface area (Å²) in [4.78, 5) is 24.8. The van der Waals surface area contributed by atoms with Gasteiger partial charge < -0.3 is 13.9 Å². The van der Waals surface area contributed by atoms with Crippen LogP contribution in [0.15, 0.2) is 10.5 Å². The van der Waals surface area contributed by atoms with Crippen molar-refractivity contribution in [3.8, 4) is 0 Å². The van der Waals surface area contributed by atoms with Gasteiger partial charge in [0.25, 0.3) is 0 Å². The molecule has 0 unspecified atom stereocenters. The van der Waals surface area contributed by atoms with Crippen LogP contribution in [0.2, 0.25) is 0 Å². The molecule has 6 heteroatoms. The maximum atomic E-state index is 11.5. The molecule has 0 aromatic carbocycles. The molecule has 0 aliphatic rings. The highest BCUT2D eigenvalue weighted by atomic mass is 16.5. The summed E-state index contributed by atoms with van der Waals surface area (Å²) in [5.41, 5.74) is 0.414. The minimum atomic E-state index is -0.424. The zero-order chi connectivity index (χ0) is 15.1. The van der Waals surface area contributed by atoms with Gasteiger partial charge >= 0.3 is 11.9 Å². The summed E-state index contributed by atoms with van der Waals surface area (Å²) in [6.45, 7) is 5.11. The van der Waals surface area contributed by atoms with Gasteiger partial charge in [-0.3, -0.25) is 9.69 Å². The molecular formula is C14H21NO5. The van der Waals surface area contributed by atoms with E-state index in [1.54, 1.807) is 13.0 Å². The van der Waals surface area contributed by atoms with Crippen molar-refractivity contribution in [3.05, 3.63) is 23.2 Å². The van der Waals surface area contributed by atoms with Gasteiger partial charge in [0, 0.05) is 0 Å². The Balaban J connectivity index is 2.78. The van der Waals surface area contributed by atoms with Crippen LogP contribution in [0.1, 0.15) is 35.2 Å². The quantitative estimate of drug-likeness (QED) is 0.710. The van der Waals surface area contributed by atoms with Gasteiger partial charge in [-0.15, -0.1) is 0 Å². The van der Waals surface area contributed by atoms with Crippen LogP contribution in [0.5, 0.6) is 0 Å². The number of aryl methyl sites for hydroxylation is 1. The zero-order valence-electron chi connectivity index (χ0n) is 12.4. The Morgan fingerprint density at radius 2 is 2.00 bits per heavy atom. The van der Waals surface area contributed by atoms with E-state index in [9.17, 15) is 9.59 Å². The molecule has 1 heterocycles. The maximum absolute atomic E-state index is 11.5. The van der Waals surface area contributed by atoms with Crippen molar-refractivity contribution in [2.75, 3.05) is 27.3 Å². The second-order valence-electron chi connectivity index (χ2n) is 4.46. The van der Waals surface area contributed by atoms with Gasteiger partial charge in [-0.1, -0.05) is 6.92 Å². The first kappa shape index (κ1) is 16.2. The average molecular weight is 283 g/mol. The molecule has 1 aromatic heterocycles. The Bertz CT molecular complexity index is 466. The van der Waals surface area contributed by atoms with Crippen molar-refractivity contribution in [2.45, 2.75) is 26.8 Å². The molecule has 0 amide bonds. The third-order valence-corrected chi connectivity index (χ3v) is 2.87. The first-order valence-corrected chi connectivity index (χ1v) is 6.48. The largest absolute Gasteiger partial charge is 0.468 e. The van der Waals surface area contributed by atoms with E-state index in [2.05, 4.69) is 9.47 Å². The van der Waals surface area contributed by atoms with Gasteiger partial charge in [-0.05, 0) is 26.0 Å². The highest BCUT2D eigenvalue weighted by molar-refractivity contribution is 5.90. The molecule has 0 spiro atoms. The van der Waals surface area contributed by atoms with E-state index in [0.29, 0.717) is 23.6 Å². The predicted molar refractivity (Wildman–Crippen MR) is 72.4 cm³/mol. The molecule has 0 N–H and O–H groups in total. The lowest BCUT2D eigenvalue weighted by molar-refractivity contribution is -0.142. The molecule has 0 atom stereocenters. The molecule has 112 valence electrons. The summed E-state index contributed by atoms with van der Waals surface area (Å²) in [5, 5.41) is 0. The molecule has 1 rings (SSSR count). The topological polar surface area (TPSA) is 69.0 Å². The Kier molecular flexibility index (Phi) is 6.24. The standard InChI is InChI=1S/C14H21NO5/c1-5-6-15(9-13(16)18-3)8-11-7-12(10(2)20-11)14(17)19-4/h7H,5-6,8-9H2,1-4H3. The van der Waals surface area contributed by atoms with E-state index in [1.807, 2.05) is 11.8 Å². The number of ether oxygens (including phenoxy) is 2. The monoisotopic (exact) mass is 283 g/mol. The Hall–Kier alpha value is -1.82. The summed E-state index contributed by atoms with van der Waals surface area (Å²) < 4.78 is 14.9. The van der Waals surface area contributed by atoms with Gasteiger partial charge in [0.15, 0.2) is 0 Å². The molecule has 0 aliphatic carbocycles. The minimum absolute atomic E-state index is 0.192. The fraction of sp³-hybridized carbons (Fsp3) is 0.571. The number of furan rings is 1. The smallest absolute Gasteiger partial charge is 0.341 e. The summed E-state index contributed by atoms with van der Waals surface area (Å²) in [7, 11) is 2.69. The van der Waals surface area contributed by atoms with Crippen molar-refractivity contribution in [1.29, 1.82) is 0 Å². The van der Waals surface area contributed by atoms with Gasteiger partial charge in [-0.25, -0.2) is 4.79 Å². The number of hydrogen-bond donors (Lipinski definition) is 0. The number of rotatable bonds is 7. The molecule has 20 heavy (non-hydrogen) atoms. The third-order valence-electron chi connectivity index (χ3n) is 2.87. The molecular weight excluding hydrogens is 262 g/mol. The lowest BCUT2D eigenvalue weighted by atomic mass is 10.2. The number of methoxy groups -OCH3 is 2. The predicted octanol–water partition coefficient (Wildman–Crippen LogP) is 1.76. The number of carbonyl (C=O) groups is 2. The molecule has 0 saturated carbocycles. The van der Waals surface area contributed by atoms with Crippen molar-refractivity contribution in [2.24, 2.45) is 0 Å². The highest BCUT2D eigenvalue weighted by Crippen LogP contribution is 2.17. The molecule has 0 aliphatic heterocycles. The van der Waals surface area contributed by atoms with Crippen LogP contribution in [0.3, 0.4) is 0 Å². The number of hydrogen-bond acceptors (Lipinski definition) is 6. The third kappa shape index (κ3) is 4.38. The van der Waals surface area contributed by atoms with E-state index in [4.69, 9.17) is 4.42 Å². The maximum Gasteiger partial charge on any atom is 0.341 e. The summed E-state index contributed by atoms with van der Waals surface area (Å²) in [6, 6.07) is 1.65. The Morgan fingerprint density at radius 1 is 1.30 bits per heavy atom. The van der Waals surface area contributed by atoms with E-state index in [1.165, 1.54) is 14.2 Å². The fourth-order valence-electron chi connectivity index (χ4n) is 1.93. The molecule has 0 bridgehead atoms. The Morgan fingerprint density at radius 3 is 2.55 bits per heavy atom. The highest BCUT2D eigenvalue weighted by Gasteiger charge is 2.18. The van der Waals surface area contributed by atoms with Gasteiger partial charge in [-0.2, -0.15) is 0 Å². The molecule has 0 saturated heterocycles. The van der Waals surface area contributed by atoms with Crippen LogP contribution in [0.4, 0.5) is 0 Å². The van der Waals surface area contributed by atoms with Crippen molar-refractivity contribution in [3.63, 3.8) is 0 Å². The van der Waals surface area contributed by atoms with Crippen LogP contribution in [0.25, 0.3) is 0 Å². The lowest BCUT2D eigenvalue weighted by Gasteiger charge is -2.18. The van der Waals surface area contributed by atoms with Crippen molar-refractivity contribution >= 4 is 11.9 Å². The minimum Gasteiger partial charge on any atom is -0.468 e. The van der Waals surface area contributed by atoms with E-state index in [-0.39, 0.29) is 12.5 Å². The number of nitrogens with zero attached hydrogens (tertiary/aromatic N) is 1. The average Bonchev–Trinajstić information content (AvgIpc) is 2.78. The molecule has 6 nitrogen and oxygen atoms in total. The van der Waals surface area contributed by atoms with Crippen LogP contribution in [0, 0.1) is 6.92 Å². The van der Waals surface area contributed by atoms with E-state index in [0.717, 1.165) is 13.0 Å². The van der Waals surface area contributed by atoms with Gasteiger partial charge in [0.1, 0.15) is 17.1 Å². The van der Waals surface area contributed by atoms with Crippen LogP contribution in [-0.2, 0) is 20.8 Å². The van der Waals surface area contributed by atoms with E-state index < -0.39 is 5.97 Å². The summed E-state index contributed by atoms with van der Waals surface area (Å²) in [5.74, 6) is 0.420. The lowest BCUT2D eigenvalue weighted by Crippen LogP contribution is -2.30. The molecule has 0 radical (unpaired) electrons. The summed E-state index contributed by atoms with van der Waals surface area (Å²) in [6.07, 6.45) is 0.903. The zero-order valence-corrected chi connectivity index (χ0v) is 12.4. The second-order valence-corrected chi connectivity index (χ2v) is 4.46. The first-order valence-electron chi connectivity index (χ1n) is 6.48. The fourth-order valence-corrected chi connectivity index (χ4v) is 1.93. The Labute approximate surface area is 118 Å². The van der Waals surface area contributed by atoms with Gasteiger partial charge in [0.05, 0.1) is 27.3 Å². The second kappa shape index (κ2) is 7.69. The van der Waals surface area contributed by atoms with E-state index >= 15 is 0 Å². The normalized spacial score (nSPS) is 10.7. The SMILES string of the molecule is CCCN(CC(=O)OC)Cc1cc(C(=O)OC)c(C)o1. The first-order chi connectivity index (χ1) is 9.51. The number of carbonyl (C=O) groups excluding carboxylic acids is 2. The molecule has 0 fully saturated rings. The molecule has 1 aromatic rings. The van der Waals surface area contributed by atoms with Crippen LogP contribution < -0.4 is 0 Å².